The number of alkyl halides is 1. The maximum atomic E-state index is 3.78. The van der Waals surface area contributed by atoms with Gasteiger partial charge >= 0.3 is 0 Å². The topological polar surface area (TPSA) is 0 Å². The molecule has 0 fully saturated rings. The van der Waals surface area contributed by atoms with Crippen LogP contribution < -0.4 is 0 Å². The highest BCUT2D eigenvalue weighted by molar-refractivity contribution is 9.11. The van der Waals surface area contributed by atoms with Crippen molar-refractivity contribution in [3.63, 3.8) is 0 Å². The first kappa shape index (κ1) is 15.7. The second-order valence-electron chi connectivity index (χ2n) is 4.52. The number of halogens is 2. The van der Waals surface area contributed by atoms with Crippen LogP contribution in [0.3, 0.4) is 0 Å². The molecule has 98 valence electrons. The van der Waals surface area contributed by atoms with E-state index in [0.29, 0.717) is 4.83 Å². The lowest BCUT2D eigenvalue weighted by atomic mass is 10.1. The molecule has 1 unspecified atom stereocenters. The third-order valence-electron chi connectivity index (χ3n) is 2.96. The van der Waals surface area contributed by atoms with Gasteiger partial charge < -0.3 is 0 Å². The fourth-order valence-electron chi connectivity index (χ4n) is 1.92. The maximum Gasteiger partial charge on any atom is 0.0701 e. The Morgan fingerprint density at radius 3 is 2.29 bits per heavy atom. The summed E-state index contributed by atoms with van der Waals surface area (Å²) in [4.78, 5) is 2.00. The molecule has 0 aliphatic heterocycles. The average Bonchev–Trinajstić information content (AvgIpc) is 2.74. The number of hydrogen-bond donors (Lipinski definition) is 0. The first-order valence-electron chi connectivity index (χ1n) is 6.63. The molecule has 0 saturated carbocycles. The van der Waals surface area contributed by atoms with Crippen molar-refractivity contribution in [1.29, 1.82) is 0 Å². The van der Waals surface area contributed by atoms with Gasteiger partial charge in [0.15, 0.2) is 0 Å². The summed E-state index contributed by atoms with van der Waals surface area (Å²) in [5, 5.41) is 0. The fourth-order valence-corrected chi connectivity index (χ4v) is 4.11. The molecule has 0 N–H and O–H groups in total. The van der Waals surface area contributed by atoms with E-state index >= 15 is 0 Å². The van der Waals surface area contributed by atoms with Gasteiger partial charge in [-0.3, -0.25) is 0 Å². The summed E-state index contributed by atoms with van der Waals surface area (Å²) in [7, 11) is 0. The minimum atomic E-state index is 0.550. The highest BCUT2D eigenvalue weighted by atomic mass is 79.9. The zero-order valence-corrected chi connectivity index (χ0v) is 14.5. The van der Waals surface area contributed by atoms with Crippen LogP contribution in [0.1, 0.15) is 68.0 Å². The zero-order valence-electron chi connectivity index (χ0n) is 10.6. The molecule has 0 radical (unpaired) electrons. The summed E-state index contributed by atoms with van der Waals surface area (Å²) in [6.45, 7) is 2.27. The molecule has 0 nitrogen and oxygen atoms in total. The largest absolute Gasteiger partial charge is 0.132 e. The minimum Gasteiger partial charge on any atom is -0.132 e. The van der Waals surface area contributed by atoms with E-state index in [9.17, 15) is 0 Å². The minimum absolute atomic E-state index is 0.550. The van der Waals surface area contributed by atoms with Gasteiger partial charge in [0.1, 0.15) is 0 Å². The predicted molar refractivity (Wildman–Crippen MR) is 86.3 cm³/mol. The molecular formula is C14H22Br2S. The average molecular weight is 382 g/mol. The lowest BCUT2D eigenvalue weighted by Crippen LogP contribution is -1.87. The lowest BCUT2D eigenvalue weighted by Gasteiger charge is -2.07. The third kappa shape index (κ3) is 6.97. The van der Waals surface area contributed by atoms with Gasteiger partial charge in [0.25, 0.3) is 0 Å². The molecule has 0 aliphatic rings. The molecule has 1 atom stereocenters. The second-order valence-corrected chi connectivity index (χ2v) is 8.12. The predicted octanol–water partition coefficient (Wildman–Crippen LogP) is 7.09. The molecule has 1 rings (SSSR count). The third-order valence-corrected chi connectivity index (χ3v) is 5.96. The molecule has 17 heavy (non-hydrogen) atoms. The van der Waals surface area contributed by atoms with Crippen molar-refractivity contribution in [1.82, 2.24) is 0 Å². The van der Waals surface area contributed by atoms with Gasteiger partial charge in [-0.25, -0.2) is 0 Å². The van der Waals surface area contributed by atoms with Crippen LogP contribution >= 0.6 is 43.2 Å². The van der Waals surface area contributed by atoms with E-state index in [0.717, 1.165) is 0 Å². The molecule has 3 heteroatoms. The molecule has 0 aromatic carbocycles. The Labute approximate surface area is 126 Å². The van der Waals surface area contributed by atoms with Crippen LogP contribution in [0.5, 0.6) is 0 Å². The van der Waals surface area contributed by atoms with E-state index in [1.54, 1.807) is 0 Å². The van der Waals surface area contributed by atoms with E-state index in [2.05, 4.69) is 50.9 Å². The Balaban J connectivity index is 2.03. The standard InChI is InChI=1S/C14H22Br2S/c1-2-3-4-5-6-7-8-9-12(15)13-10-11-14(16)17-13/h10-12H,2-9H2,1H3. The second kappa shape index (κ2) is 9.57. The van der Waals surface area contributed by atoms with Gasteiger partial charge in [0.05, 0.1) is 3.79 Å². The van der Waals surface area contributed by atoms with Crippen LogP contribution in [0.25, 0.3) is 0 Å². The molecule has 1 aromatic heterocycles. The van der Waals surface area contributed by atoms with Crippen molar-refractivity contribution in [2.45, 2.75) is 63.1 Å². The van der Waals surface area contributed by atoms with Crippen molar-refractivity contribution in [3.8, 4) is 0 Å². The van der Waals surface area contributed by atoms with E-state index < -0.39 is 0 Å². The highest BCUT2D eigenvalue weighted by Crippen LogP contribution is 2.35. The summed E-state index contributed by atoms with van der Waals surface area (Å²) < 4.78 is 1.23. The van der Waals surface area contributed by atoms with Crippen molar-refractivity contribution < 1.29 is 0 Å². The van der Waals surface area contributed by atoms with Gasteiger partial charge in [0.2, 0.25) is 0 Å². The first-order chi connectivity index (χ1) is 8.24. The van der Waals surface area contributed by atoms with Gasteiger partial charge in [-0.1, -0.05) is 67.8 Å². The molecule has 0 spiro atoms. The summed E-state index contributed by atoms with van der Waals surface area (Å²) in [5.74, 6) is 0. The number of rotatable bonds is 9. The van der Waals surface area contributed by atoms with Crippen LogP contribution in [-0.4, -0.2) is 0 Å². The fraction of sp³-hybridized carbons (Fsp3) is 0.714. The summed E-state index contributed by atoms with van der Waals surface area (Å²) >= 11 is 9.14. The van der Waals surface area contributed by atoms with E-state index in [1.807, 2.05) is 11.3 Å². The van der Waals surface area contributed by atoms with Gasteiger partial charge in [-0.2, -0.15) is 0 Å². The number of thiophene rings is 1. The molecular weight excluding hydrogens is 360 g/mol. The smallest absolute Gasteiger partial charge is 0.0701 e. The normalized spacial score (nSPS) is 12.9. The van der Waals surface area contributed by atoms with E-state index in [-0.39, 0.29) is 0 Å². The molecule has 0 saturated heterocycles. The van der Waals surface area contributed by atoms with Crippen LogP contribution in [0.4, 0.5) is 0 Å². The van der Waals surface area contributed by atoms with Gasteiger partial charge in [-0.05, 0) is 34.5 Å². The van der Waals surface area contributed by atoms with Crippen LogP contribution in [0.15, 0.2) is 15.9 Å². The molecule has 1 aromatic rings. The zero-order chi connectivity index (χ0) is 12.5. The Morgan fingerprint density at radius 1 is 1.06 bits per heavy atom. The van der Waals surface area contributed by atoms with Crippen molar-refractivity contribution in [2.24, 2.45) is 0 Å². The Hall–Kier alpha value is 0.660. The van der Waals surface area contributed by atoms with Crippen LogP contribution in [-0.2, 0) is 0 Å². The molecule has 0 aliphatic carbocycles. The highest BCUT2D eigenvalue weighted by Gasteiger charge is 2.09. The number of unbranched alkanes of at least 4 members (excludes halogenated alkanes) is 6. The monoisotopic (exact) mass is 380 g/mol. The van der Waals surface area contributed by atoms with Crippen molar-refractivity contribution in [3.05, 3.63) is 20.8 Å². The molecule has 1 heterocycles. The number of hydrogen-bond acceptors (Lipinski definition) is 1. The van der Waals surface area contributed by atoms with Gasteiger partial charge in [0, 0.05) is 9.70 Å². The quantitative estimate of drug-likeness (QED) is 0.316. The van der Waals surface area contributed by atoms with Crippen molar-refractivity contribution in [2.75, 3.05) is 0 Å². The molecule has 0 amide bonds. The van der Waals surface area contributed by atoms with E-state index in [1.165, 1.54) is 60.0 Å². The van der Waals surface area contributed by atoms with Crippen LogP contribution in [0.2, 0.25) is 0 Å². The summed E-state index contributed by atoms with van der Waals surface area (Å²) in [6, 6.07) is 4.36. The van der Waals surface area contributed by atoms with Crippen LogP contribution in [0, 0.1) is 0 Å². The lowest BCUT2D eigenvalue weighted by molar-refractivity contribution is 0.575. The molecule has 0 bridgehead atoms. The van der Waals surface area contributed by atoms with Crippen molar-refractivity contribution >= 4 is 43.2 Å². The maximum absolute atomic E-state index is 3.78. The summed E-state index contributed by atoms with van der Waals surface area (Å²) in [5.41, 5.74) is 0. The Morgan fingerprint density at radius 2 is 1.71 bits per heavy atom. The Kier molecular flexibility index (Phi) is 8.85. The Bertz CT molecular complexity index is 296. The summed E-state index contributed by atoms with van der Waals surface area (Å²) in [6.07, 6.45) is 11.0. The van der Waals surface area contributed by atoms with E-state index in [4.69, 9.17) is 0 Å². The SMILES string of the molecule is CCCCCCCCCC(Br)c1ccc(Br)s1. The van der Waals surface area contributed by atoms with Gasteiger partial charge in [-0.15, -0.1) is 11.3 Å². The first-order valence-corrected chi connectivity index (χ1v) is 9.16.